The lowest BCUT2D eigenvalue weighted by Crippen LogP contribution is -2.22. The zero-order valence-electron chi connectivity index (χ0n) is 13.7. The summed E-state index contributed by atoms with van der Waals surface area (Å²) in [6.45, 7) is 0. The lowest BCUT2D eigenvalue weighted by molar-refractivity contribution is 0.106. The van der Waals surface area contributed by atoms with E-state index in [9.17, 15) is 4.79 Å². The molecule has 0 atom stereocenters. The quantitative estimate of drug-likeness (QED) is 0.869. The summed E-state index contributed by atoms with van der Waals surface area (Å²) in [5.74, 6) is 0.00208. The van der Waals surface area contributed by atoms with Gasteiger partial charge in [-0.2, -0.15) is 5.10 Å². The number of hydrazone groups is 1. The number of benzene rings is 1. The largest absolute Gasteiger partial charge is 0.378 e. The van der Waals surface area contributed by atoms with Crippen LogP contribution >= 0.6 is 11.3 Å². The van der Waals surface area contributed by atoms with Crippen molar-refractivity contribution in [2.45, 2.75) is 19.3 Å². The number of hydrogen-bond donors (Lipinski definition) is 1. The normalized spacial score (nSPS) is 17.1. The third kappa shape index (κ3) is 2.63. The van der Waals surface area contributed by atoms with Crippen molar-refractivity contribution >= 4 is 45.8 Å². The van der Waals surface area contributed by atoms with Crippen LogP contribution in [0.5, 0.6) is 0 Å². The number of thiazole rings is 1. The maximum Gasteiger partial charge on any atom is 0.209 e. The van der Waals surface area contributed by atoms with E-state index in [4.69, 9.17) is 0 Å². The molecule has 0 bridgehead atoms. The van der Waals surface area contributed by atoms with E-state index >= 15 is 0 Å². The molecule has 5 nitrogen and oxygen atoms in total. The van der Waals surface area contributed by atoms with Crippen LogP contribution in [0.4, 0.5) is 10.8 Å². The molecule has 0 saturated carbocycles. The van der Waals surface area contributed by atoms with Crippen LogP contribution in [-0.2, 0) is 6.42 Å². The summed E-state index contributed by atoms with van der Waals surface area (Å²) in [5.41, 5.74) is 6.39. The molecule has 0 radical (unpaired) electrons. The van der Waals surface area contributed by atoms with Crippen molar-refractivity contribution in [3.05, 3.63) is 39.2 Å². The summed E-state index contributed by atoms with van der Waals surface area (Å²) >= 11 is 1.58. The Morgan fingerprint density at radius 3 is 2.92 bits per heavy atom. The van der Waals surface area contributed by atoms with Gasteiger partial charge in [-0.3, -0.25) is 10.2 Å². The third-order valence-corrected chi connectivity index (χ3v) is 5.24. The number of nitrogens with zero attached hydrogens (tertiary/aromatic N) is 3. The van der Waals surface area contributed by atoms with Gasteiger partial charge in [0.1, 0.15) is 5.71 Å². The molecule has 1 aromatic carbocycles. The van der Waals surface area contributed by atoms with Gasteiger partial charge in [-0.05, 0) is 36.6 Å². The van der Waals surface area contributed by atoms with Crippen LogP contribution in [-0.4, -0.2) is 30.6 Å². The minimum atomic E-state index is 0. The molecule has 0 spiro atoms. The predicted octanol–water partition coefficient (Wildman–Crippen LogP) is 2.02. The third-order valence-electron chi connectivity index (χ3n) is 4.27. The molecule has 2 aromatic rings. The van der Waals surface area contributed by atoms with Crippen LogP contribution in [0.25, 0.3) is 12.2 Å². The average Bonchev–Trinajstić information content (AvgIpc) is 3.13. The standard InChI is InChI=1S/C18H18N4OS.H2/c1-22(2)12-7-8-13-11(9-12)10-15(17(13)23)20-21-18-19-14-5-3-4-6-16(14)24-18;/h5-9H,3-4,10H2,1-2H3,(H,19,21);1H/b20-15-;. The van der Waals surface area contributed by atoms with E-state index in [1.54, 1.807) is 11.3 Å². The molecule has 0 aliphatic heterocycles. The molecule has 2 aliphatic rings. The van der Waals surface area contributed by atoms with Crippen molar-refractivity contribution in [2.75, 3.05) is 24.4 Å². The number of Topliss-reactive ketones (excluding diaryl/α,β-unsaturated/α-hetero) is 1. The molecule has 0 unspecified atom stereocenters. The van der Waals surface area contributed by atoms with Crippen molar-refractivity contribution in [3.63, 3.8) is 0 Å². The topological polar surface area (TPSA) is 57.6 Å². The predicted molar refractivity (Wildman–Crippen MR) is 102 cm³/mol. The first-order valence-corrected chi connectivity index (χ1v) is 8.78. The Hall–Kier alpha value is -2.47. The van der Waals surface area contributed by atoms with E-state index in [1.807, 2.05) is 31.1 Å². The number of rotatable bonds is 3. The first-order chi connectivity index (χ1) is 11.6. The second kappa shape index (κ2) is 5.87. The van der Waals surface area contributed by atoms with E-state index in [1.165, 1.54) is 4.53 Å². The van der Waals surface area contributed by atoms with Crippen molar-refractivity contribution in [1.29, 1.82) is 0 Å². The molecule has 0 fully saturated rings. The van der Waals surface area contributed by atoms with Crippen molar-refractivity contribution < 1.29 is 6.22 Å². The monoisotopic (exact) mass is 340 g/mol. The molecule has 0 amide bonds. The Morgan fingerprint density at radius 2 is 2.12 bits per heavy atom. The van der Waals surface area contributed by atoms with Crippen LogP contribution < -0.4 is 20.2 Å². The molecule has 4 rings (SSSR count). The fourth-order valence-corrected chi connectivity index (χ4v) is 3.84. The Kier molecular flexibility index (Phi) is 3.69. The maximum absolute atomic E-state index is 12.5. The van der Waals surface area contributed by atoms with Crippen molar-refractivity contribution in [3.8, 4) is 0 Å². The van der Waals surface area contributed by atoms with Crippen molar-refractivity contribution in [2.24, 2.45) is 5.10 Å². The smallest absolute Gasteiger partial charge is 0.209 e. The van der Waals surface area contributed by atoms with Gasteiger partial charge in [-0.1, -0.05) is 23.5 Å². The van der Waals surface area contributed by atoms with E-state index in [-0.39, 0.29) is 7.21 Å². The van der Waals surface area contributed by atoms with Gasteiger partial charge >= 0.3 is 0 Å². The highest BCUT2D eigenvalue weighted by molar-refractivity contribution is 7.13. The average molecular weight is 340 g/mol. The van der Waals surface area contributed by atoms with Gasteiger partial charge in [-0.15, -0.1) is 0 Å². The molecule has 1 heterocycles. The van der Waals surface area contributed by atoms with Crippen LogP contribution in [0.3, 0.4) is 0 Å². The summed E-state index contributed by atoms with van der Waals surface area (Å²) in [6, 6.07) is 5.91. The highest BCUT2D eigenvalue weighted by Crippen LogP contribution is 2.25. The zero-order chi connectivity index (χ0) is 16.7. The first-order valence-electron chi connectivity index (χ1n) is 7.96. The van der Waals surface area contributed by atoms with Crippen LogP contribution in [0.1, 0.15) is 30.2 Å². The number of carbonyl (C=O) groups excluding carboxylic acids is 1. The second-order valence-electron chi connectivity index (χ2n) is 6.17. The molecular weight excluding hydrogens is 320 g/mol. The number of hydrogen-bond acceptors (Lipinski definition) is 6. The number of fused-ring (bicyclic) bond motifs is 2. The van der Waals surface area contributed by atoms with E-state index in [0.717, 1.165) is 40.1 Å². The van der Waals surface area contributed by atoms with Crippen LogP contribution in [0.2, 0.25) is 0 Å². The lowest BCUT2D eigenvalue weighted by Gasteiger charge is -2.12. The Bertz CT molecular complexity index is 944. The Labute approximate surface area is 145 Å². The Morgan fingerprint density at radius 1 is 1.29 bits per heavy atom. The van der Waals surface area contributed by atoms with Gasteiger partial charge in [0.2, 0.25) is 10.9 Å². The summed E-state index contributed by atoms with van der Waals surface area (Å²) in [6.07, 6.45) is 7.00. The number of nitrogens with one attached hydrogen (secondary N) is 1. The molecule has 24 heavy (non-hydrogen) atoms. The minimum absolute atomic E-state index is 0. The fraction of sp³-hybridized carbons (Fsp3) is 0.278. The Balaban J connectivity index is 0.00000182. The fourth-order valence-electron chi connectivity index (χ4n) is 2.97. The molecule has 1 N–H and O–H groups in total. The highest BCUT2D eigenvalue weighted by Gasteiger charge is 2.27. The molecule has 6 heteroatoms. The van der Waals surface area contributed by atoms with E-state index in [0.29, 0.717) is 12.1 Å². The van der Waals surface area contributed by atoms with Crippen LogP contribution in [0.15, 0.2) is 23.3 Å². The van der Waals surface area contributed by atoms with E-state index < -0.39 is 0 Å². The highest BCUT2D eigenvalue weighted by atomic mass is 32.1. The SMILES string of the molecule is CN(C)c1ccc2c(c1)C/C(=N/Nc1nc3c(s1)=CCCC=3)C2=O.[HH]. The summed E-state index contributed by atoms with van der Waals surface area (Å²) in [5, 5.41) is 6.09. The number of carbonyl (C=O) groups is 1. The maximum atomic E-state index is 12.5. The molecule has 2 aliphatic carbocycles. The van der Waals surface area contributed by atoms with Gasteiger partial charge < -0.3 is 4.90 Å². The van der Waals surface area contributed by atoms with Gasteiger partial charge in [0.05, 0.1) is 9.88 Å². The zero-order valence-corrected chi connectivity index (χ0v) is 14.5. The molecular formula is C18H20N4OS. The van der Waals surface area contributed by atoms with Crippen LogP contribution in [0, 0.1) is 0 Å². The molecule has 1 aromatic heterocycles. The van der Waals surface area contributed by atoms with E-state index in [2.05, 4.69) is 33.7 Å². The molecule has 0 saturated heterocycles. The first kappa shape index (κ1) is 15.1. The molecule has 124 valence electrons. The summed E-state index contributed by atoms with van der Waals surface area (Å²) in [7, 11) is 3.99. The van der Waals surface area contributed by atoms with Gasteiger partial charge in [0.15, 0.2) is 0 Å². The van der Waals surface area contributed by atoms with Gasteiger partial charge in [0.25, 0.3) is 0 Å². The number of ketones is 1. The minimum Gasteiger partial charge on any atom is -0.378 e. The number of aromatic nitrogens is 1. The van der Waals surface area contributed by atoms with Gasteiger partial charge in [-0.25, -0.2) is 4.98 Å². The summed E-state index contributed by atoms with van der Waals surface area (Å²) in [4.78, 5) is 19.0. The summed E-state index contributed by atoms with van der Waals surface area (Å²) < 4.78 is 1.18. The van der Waals surface area contributed by atoms with Crippen molar-refractivity contribution in [1.82, 2.24) is 4.98 Å². The number of anilines is 2. The second-order valence-corrected chi connectivity index (χ2v) is 7.20. The lowest BCUT2D eigenvalue weighted by atomic mass is 10.1. The van der Waals surface area contributed by atoms with Gasteiger partial charge in [0, 0.05) is 33.2 Å².